The number of ether oxygens (including phenoxy) is 1. The quantitative estimate of drug-likeness (QED) is 0.637. The highest BCUT2D eigenvalue weighted by Gasteiger charge is 2.26. The van der Waals surface area contributed by atoms with Crippen LogP contribution >= 0.6 is 11.3 Å². The Balaban J connectivity index is 1.93. The van der Waals surface area contributed by atoms with Crippen molar-refractivity contribution in [2.75, 3.05) is 5.32 Å². The predicted molar refractivity (Wildman–Crippen MR) is 115 cm³/mol. The highest BCUT2D eigenvalue weighted by atomic mass is 32.1. The summed E-state index contributed by atoms with van der Waals surface area (Å²) in [6.07, 6.45) is 0.696. The van der Waals surface area contributed by atoms with E-state index in [-0.39, 0.29) is 17.9 Å². The molecule has 6 nitrogen and oxygen atoms in total. The van der Waals surface area contributed by atoms with Crippen LogP contribution in [0.3, 0.4) is 0 Å². The molecule has 2 N–H and O–H groups in total. The van der Waals surface area contributed by atoms with Crippen LogP contribution < -0.4 is 10.6 Å². The summed E-state index contributed by atoms with van der Waals surface area (Å²) in [5.41, 5.74) is 2.26. The second-order valence-corrected chi connectivity index (χ2v) is 8.37. The molecule has 2 amide bonds. The molecule has 156 valence electrons. The third-order valence-corrected chi connectivity index (χ3v) is 5.75. The Morgan fingerprint density at radius 2 is 1.76 bits per heavy atom. The zero-order chi connectivity index (χ0) is 21.6. The zero-order valence-corrected chi connectivity index (χ0v) is 18.3. The monoisotopic (exact) mass is 416 g/mol. The van der Waals surface area contributed by atoms with Gasteiger partial charge in [-0.2, -0.15) is 0 Å². The van der Waals surface area contributed by atoms with Crippen molar-refractivity contribution in [2.24, 2.45) is 0 Å². The van der Waals surface area contributed by atoms with Gasteiger partial charge in [0, 0.05) is 17.8 Å². The van der Waals surface area contributed by atoms with Crippen LogP contribution in [0.4, 0.5) is 5.00 Å². The van der Waals surface area contributed by atoms with Crippen LogP contribution in [0.1, 0.15) is 53.6 Å². The number of nitrogens with one attached hydrogen (secondary N) is 2. The van der Waals surface area contributed by atoms with Gasteiger partial charge in [-0.15, -0.1) is 11.3 Å². The van der Waals surface area contributed by atoms with Gasteiger partial charge in [0.1, 0.15) is 5.00 Å². The molecule has 0 saturated heterocycles. The van der Waals surface area contributed by atoms with Gasteiger partial charge in [-0.3, -0.25) is 9.59 Å². The smallest absolute Gasteiger partial charge is 0.342 e. The molecule has 1 aromatic heterocycles. The van der Waals surface area contributed by atoms with Crippen LogP contribution in [-0.2, 0) is 20.7 Å². The van der Waals surface area contributed by atoms with E-state index in [2.05, 4.69) is 22.8 Å². The summed E-state index contributed by atoms with van der Waals surface area (Å²) < 4.78 is 5.38. The first-order chi connectivity index (χ1) is 13.7. The van der Waals surface area contributed by atoms with Gasteiger partial charge in [0.25, 0.3) is 5.91 Å². The van der Waals surface area contributed by atoms with Crippen molar-refractivity contribution in [1.29, 1.82) is 0 Å². The number of aryl methyl sites for hydroxylation is 2. The van der Waals surface area contributed by atoms with Crippen LogP contribution in [0.5, 0.6) is 0 Å². The minimum absolute atomic E-state index is 0.0519. The molecule has 0 spiro atoms. The highest BCUT2D eigenvalue weighted by molar-refractivity contribution is 7.16. The maximum Gasteiger partial charge on any atom is 0.342 e. The van der Waals surface area contributed by atoms with E-state index in [0.717, 1.165) is 23.3 Å². The molecule has 0 unspecified atom stereocenters. The highest BCUT2D eigenvalue weighted by Crippen LogP contribution is 2.33. The fourth-order valence-corrected chi connectivity index (χ4v) is 3.95. The number of rotatable bonds is 8. The molecule has 2 atom stereocenters. The van der Waals surface area contributed by atoms with Gasteiger partial charge in [0.05, 0.1) is 5.56 Å². The van der Waals surface area contributed by atoms with Crippen LogP contribution in [-0.4, -0.2) is 29.9 Å². The van der Waals surface area contributed by atoms with Gasteiger partial charge >= 0.3 is 5.97 Å². The number of hydrogen-bond donors (Lipinski definition) is 2. The first kappa shape index (κ1) is 22.6. The Bertz CT molecular complexity index is 876. The first-order valence-electron chi connectivity index (χ1n) is 9.61. The summed E-state index contributed by atoms with van der Waals surface area (Å²) in [5, 5.41) is 6.00. The number of anilines is 1. The molecule has 0 aliphatic carbocycles. The maximum atomic E-state index is 12.6. The van der Waals surface area contributed by atoms with Gasteiger partial charge in [-0.1, -0.05) is 30.3 Å². The summed E-state index contributed by atoms with van der Waals surface area (Å²) in [5.74, 6) is -1.22. The van der Waals surface area contributed by atoms with Crippen LogP contribution in [0.15, 0.2) is 30.3 Å². The normalized spacial score (nSPS) is 12.7. The molecular formula is C22H28N2O4S. The summed E-state index contributed by atoms with van der Waals surface area (Å²) >= 11 is 1.31. The molecule has 0 aliphatic rings. The topological polar surface area (TPSA) is 84.5 Å². The standard InChI is InChI=1S/C22H28N2O4S/c1-13(11-12-18-9-7-6-8-10-18)23-20(26)15(3)28-22(27)19-14(2)16(4)29-21(19)24-17(5)25/h6-10,13,15H,11-12H2,1-5H3,(H,23,26)(H,24,25)/t13-,15+/m0/s1. The number of esters is 1. The first-order valence-corrected chi connectivity index (χ1v) is 10.4. The lowest BCUT2D eigenvalue weighted by molar-refractivity contribution is -0.129. The van der Waals surface area contributed by atoms with Gasteiger partial charge < -0.3 is 15.4 Å². The molecule has 1 heterocycles. The molecule has 29 heavy (non-hydrogen) atoms. The Morgan fingerprint density at radius 3 is 2.38 bits per heavy atom. The Hall–Kier alpha value is -2.67. The fourth-order valence-electron chi connectivity index (χ4n) is 2.85. The summed E-state index contributed by atoms with van der Waals surface area (Å²) in [4.78, 5) is 37.4. The van der Waals surface area contributed by atoms with E-state index in [9.17, 15) is 14.4 Å². The molecule has 0 radical (unpaired) electrons. The summed E-state index contributed by atoms with van der Waals surface area (Å²) in [6, 6.07) is 10.0. The van der Waals surface area contributed by atoms with Crippen LogP contribution in [0.2, 0.25) is 0 Å². The second kappa shape index (κ2) is 10.2. The molecular weight excluding hydrogens is 388 g/mol. The average molecular weight is 417 g/mol. The molecule has 2 aromatic rings. The Morgan fingerprint density at radius 1 is 1.10 bits per heavy atom. The van der Waals surface area contributed by atoms with E-state index >= 15 is 0 Å². The largest absolute Gasteiger partial charge is 0.449 e. The van der Waals surface area contributed by atoms with Crippen molar-refractivity contribution in [3.8, 4) is 0 Å². The number of benzene rings is 1. The molecule has 7 heteroatoms. The number of hydrogen-bond acceptors (Lipinski definition) is 5. The van der Waals surface area contributed by atoms with Gasteiger partial charge in [-0.25, -0.2) is 4.79 Å². The second-order valence-electron chi connectivity index (χ2n) is 7.15. The van der Waals surface area contributed by atoms with E-state index in [0.29, 0.717) is 10.6 Å². The third-order valence-electron chi connectivity index (χ3n) is 4.63. The number of carbonyl (C=O) groups excluding carboxylic acids is 3. The van der Waals surface area contributed by atoms with Crippen LogP contribution in [0, 0.1) is 13.8 Å². The third kappa shape index (κ3) is 6.42. The number of carbonyl (C=O) groups is 3. The number of thiophene rings is 1. The van der Waals surface area contributed by atoms with E-state index in [4.69, 9.17) is 4.74 Å². The fraction of sp³-hybridized carbons (Fsp3) is 0.409. The van der Waals surface area contributed by atoms with Crippen molar-refractivity contribution < 1.29 is 19.1 Å². The Labute approximate surface area is 175 Å². The van der Waals surface area contributed by atoms with Crippen molar-refractivity contribution in [1.82, 2.24) is 5.32 Å². The van der Waals surface area contributed by atoms with E-state index in [1.165, 1.54) is 23.8 Å². The number of amides is 2. The SMILES string of the molecule is CC(=O)Nc1sc(C)c(C)c1C(=O)O[C@H](C)C(=O)N[C@@H](C)CCc1ccccc1. The minimum atomic E-state index is -0.938. The average Bonchev–Trinajstić information content (AvgIpc) is 2.93. The Kier molecular flexibility index (Phi) is 7.96. The van der Waals surface area contributed by atoms with Crippen molar-refractivity contribution in [3.05, 3.63) is 51.9 Å². The molecule has 0 bridgehead atoms. The van der Waals surface area contributed by atoms with Gasteiger partial charge in [0.15, 0.2) is 6.10 Å². The van der Waals surface area contributed by atoms with Crippen molar-refractivity contribution in [2.45, 2.75) is 59.6 Å². The van der Waals surface area contributed by atoms with Gasteiger partial charge in [0.2, 0.25) is 5.91 Å². The summed E-state index contributed by atoms with van der Waals surface area (Å²) in [6.45, 7) is 8.52. The lowest BCUT2D eigenvalue weighted by Gasteiger charge is -2.18. The molecule has 1 aromatic carbocycles. The van der Waals surface area contributed by atoms with E-state index < -0.39 is 12.1 Å². The summed E-state index contributed by atoms with van der Waals surface area (Å²) in [7, 11) is 0. The van der Waals surface area contributed by atoms with E-state index in [1.807, 2.05) is 32.0 Å². The molecule has 0 saturated carbocycles. The van der Waals surface area contributed by atoms with Gasteiger partial charge in [-0.05, 0) is 51.7 Å². The molecule has 2 rings (SSSR count). The van der Waals surface area contributed by atoms with Crippen LogP contribution in [0.25, 0.3) is 0 Å². The minimum Gasteiger partial charge on any atom is -0.449 e. The van der Waals surface area contributed by atoms with E-state index in [1.54, 1.807) is 13.8 Å². The molecule has 0 fully saturated rings. The van der Waals surface area contributed by atoms with Crippen molar-refractivity contribution in [3.63, 3.8) is 0 Å². The lowest BCUT2D eigenvalue weighted by atomic mass is 10.1. The molecule has 0 aliphatic heterocycles. The predicted octanol–water partition coefficient (Wildman–Crippen LogP) is 4.01. The van der Waals surface area contributed by atoms with Crippen molar-refractivity contribution >= 4 is 34.1 Å². The maximum absolute atomic E-state index is 12.6. The lowest BCUT2D eigenvalue weighted by Crippen LogP contribution is -2.41. The zero-order valence-electron chi connectivity index (χ0n) is 17.5.